The molecule has 0 amide bonds. The number of benzene rings is 3. The van der Waals surface area contributed by atoms with Gasteiger partial charge in [0.15, 0.2) is 10.8 Å². The number of non-ortho nitro benzene ring substituents is 1. The third-order valence-electron chi connectivity index (χ3n) is 5.44. The number of carbonyl (C=O) groups is 1. The van der Waals surface area contributed by atoms with Crippen molar-refractivity contribution >= 4 is 57.0 Å². The highest BCUT2D eigenvalue weighted by Gasteiger charge is 2.51. The summed E-state index contributed by atoms with van der Waals surface area (Å²) in [5, 5.41) is 25.3. The minimum Gasteiger partial charge on any atom is -0.292 e. The average Bonchev–Trinajstić information content (AvgIpc) is 3.25. The van der Waals surface area contributed by atoms with Crippen LogP contribution in [0.25, 0.3) is 0 Å². The molecule has 35 heavy (non-hydrogen) atoms. The number of nitrogens with zero attached hydrogens (tertiary/aromatic N) is 5. The Bertz CT molecular complexity index is 1410. The maximum Gasteiger partial charge on any atom is 0.271 e. The Kier molecular flexibility index (Phi) is 5.88. The first-order valence-electron chi connectivity index (χ1n) is 10.6. The van der Waals surface area contributed by atoms with Crippen molar-refractivity contribution in [1.29, 1.82) is 0 Å². The average molecular weight is 504 g/mol. The summed E-state index contributed by atoms with van der Waals surface area (Å²) >= 11 is 7.30. The fraction of sp³-hybridized carbons (Fsp3) is 0.0800. The monoisotopic (exact) mass is 503 g/mol. The molecule has 2 heterocycles. The van der Waals surface area contributed by atoms with Crippen LogP contribution in [0.4, 0.5) is 17.1 Å². The number of thioether (sulfide) groups is 1. The predicted molar refractivity (Wildman–Crippen MR) is 140 cm³/mol. The normalized spacial score (nSPS) is 19.0. The zero-order valence-corrected chi connectivity index (χ0v) is 20.0. The largest absolute Gasteiger partial charge is 0.292 e. The van der Waals surface area contributed by atoms with Gasteiger partial charge in [0.1, 0.15) is 0 Å². The van der Waals surface area contributed by atoms with Crippen LogP contribution in [0.2, 0.25) is 5.02 Å². The number of ketones is 1. The van der Waals surface area contributed by atoms with Crippen molar-refractivity contribution in [3.8, 4) is 0 Å². The zero-order chi connectivity index (χ0) is 24.6. The fourth-order valence-electron chi connectivity index (χ4n) is 3.79. The van der Waals surface area contributed by atoms with Gasteiger partial charge in [-0.2, -0.15) is 10.2 Å². The molecule has 174 valence electrons. The Labute approximate surface area is 210 Å². The van der Waals surface area contributed by atoms with Crippen LogP contribution in [0.1, 0.15) is 12.5 Å². The summed E-state index contributed by atoms with van der Waals surface area (Å²) in [4.78, 5) is 22.3. The van der Waals surface area contributed by atoms with Crippen molar-refractivity contribution in [2.75, 3.05) is 10.0 Å². The van der Waals surface area contributed by atoms with E-state index in [0.29, 0.717) is 16.4 Å². The highest BCUT2D eigenvalue weighted by Crippen LogP contribution is 2.48. The molecule has 0 saturated carbocycles. The molecule has 3 aromatic carbocycles. The highest BCUT2D eigenvalue weighted by molar-refractivity contribution is 8.17. The fourth-order valence-corrected chi connectivity index (χ4v) is 5.06. The summed E-state index contributed by atoms with van der Waals surface area (Å²) in [6.45, 7) is 1.44. The Hall–Kier alpha value is -3.95. The van der Waals surface area contributed by atoms with Gasteiger partial charge in [-0.1, -0.05) is 48.0 Å². The van der Waals surface area contributed by atoms with E-state index in [2.05, 4.69) is 5.10 Å². The number of allylic oxidation sites excluding steroid dienone is 1. The van der Waals surface area contributed by atoms with Crippen molar-refractivity contribution in [3.63, 3.8) is 0 Å². The van der Waals surface area contributed by atoms with Crippen LogP contribution in [0, 0.1) is 10.1 Å². The van der Waals surface area contributed by atoms with Crippen molar-refractivity contribution in [2.24, 2.45) is 10.2 Å². The van der Waals surface area contributed by atoms with Crippen LogP contribution in [0.5, 0.6) is 0 Å². The topological polar surface area (TPSA) is 91.4 Å². The van der Waals surface area contributed by atoms with Gasteiger partial charge in [0, 0.05) is 29.6 Å². The number of halogens is 1. The van der Waals surface area contributed by atoms with Crippen molar-refractivity contribution in [1.82, 2.24) is 0 Å². The minimum absolute atomic E-state index is 0.0782. The zero-order valence-electron chi connectivity index (χ0n) is 18.4. The van der Waals surface area contributed by atoms with E-state index in [4.69, 9.17) is 16.7 Å². The van der Waals surface area contributed by atoms with E-state index in [1.165, 1.54) is 30.8 Å². The SMILES string of the molecule is CC(=O)C1=NN(c2cccc([N+](=O)[O-])c2)C2(C=CC(c3ccc(Cl)cc3)=NN2c2ccccc2)S1. The second-order valence-corrected chi connectivity index (χ2v) is 9.41. The number of nitro benzene ring substituents is 1. The number of hydrazone groups is 2. The Morgan fingerprint density at radius 3 is 2.34 bits per heavy atom. The van der Waals surface area contributed by atoms with Crippen molar-refractivity contribution in [3.05, 3.63) is 112 Å². The van der Waals surface area contributed by atoms with Crippen LogP contribution in [-0.2, 0) is 4.79 Å². The Morgan fingerprint density at radius 1 is 0.971 bits per heavy atom. The number of rotatable bonds is 5. The van der Waals surface area contributed by atoms with Gasteiger partial charge in [0.05, 0.1) is 22.0 Å². The van der Waals surface area contributed by atoms with Crippen molar-refractivity contribution in [2.45, 2.75) is 11.9 Å². The number of nitro groups is 1. The van der Waals surface area contributed by atoms with E-state index < -0.39 is 9.92 Å². The van der Waals surface area contributed by atoms with E-state index in [1.54, 1.807) is 34.3 Å². The minimum atomic E-state index is -1.10. The first-order chi connectivity index (χ1) is 16.9. The van der Waals surface area contributed by atoms with Gasteiger partial charge in [-0.25, -0.2) is 10.0 Å². The van der Waals surface area contributed by atoms with Crippen molar-refractivity contribution < 1.29 is 9.72 Å². The number of hydrogen-bond acceptors (Lipinski definition) is 8. The van der Waals surface area contributed by atoms with Gasteiger partial charge in [0.25, 0.3) is 5.69 Å². The summed E-state index contributed by atoms with van der Waals surface area (Å²) in [6.07, 6.45) is 3.76. The molecule has 10 heteroatoms. The molecule has 0 aliphatic carbocycles. The van der Waals surface area contributed by atoms with Crippen LogP contribution in [0.3, 0.4) is 0 Å². The van der Waals surface area contributed by atoms with E-state index >= 15 is 0 Å². The highest BCUT2D eigenvalue weighted by atomic mass is 35.5. The van der Waals surface area contributed by atoms with Gasteiger partial charge in [-0.15, -0.1) is 0 Å². The van der Waals surface area contributed by atoms with Gasteiger partial charge in [-0.3, -0.25) is 14.9 Å². The number of Topliss-reactive ketones (excluding diaryl/α,β-unsaturated/α-hetero) is 1. The first kappa shape index (κ1) is 22.8. The van der Waals surface area contributed by atoms with Crippen LogP contribution in [-0.4, -0.2) is 26.5 Å². The van der Waals surface area contributed by atoms with E-state index in [0.717, 1.165) is 11.3 Å². The van der Waals surface area contributed by atoms with Crippen LogP contribution >= 0.6 is 23.4 Å². The molecule has 0 saturated heterocycles. The lowest BCUT2D eigenvalue weighted by molar-refractivity contribution is -0.384. The van der Waals surface area contributed by atoms with E-state index in [1.807, 2.05) is 54.6 Å². The molecule has 5 rings (SSSR count). The Morgan fingerprint density at radius 2 is 1.66 bits per heavy atom. The molecule has 0 fully saturated rings. The van der Waals surface area contributed by atoms with E-state index in [9.17, 15) is 14.9 Å². The molecule has 1 atom stereocenters. The van der Waals surface area contributed by atoms with Crippen LogP contribution in [0.15, 0.2) is 101 Å². The van der Waals surface area contributed by atoms with Gasteiger partial charge in [0.2, 0.25) is 4.99 Å². The molecule has 3 aromatic rings. The summed E-state index contributed by atoms with van der Waals surface area (Å²) in [5.41, 5.74) is 2.68. The lowest BCUT2D eigenvalue weighted by Crippen LogP contribution is -2.53. The number of para-hydroxylation sites is 1. The lowest BCUT2D eigenvalue weighted by Gasteiger charge is -2.43. The molecule has 2 aliphatic rings. The number of hydrogen-bond donors (Lipinski definition) is 0. The molecular formula is C25H18ClN5O3S. The second kappa shape index (κ2) is 9.01. The molecule has 0 radical (unpaired) electrons. The predicted octanol–water partition coefficient (Wildman–Crippen LogP) is 5.84. The quantitative estimate of drug-likeness (QED) is 0.321. The standard InChI is InChI=1S/C25H18ClN5O3S/c1-17(32)24-28-30(21-8-5-9-22(16-21)31(33)34)25(35-24)15-14-23(18-10-12-19(26)13-11-18)27-29(25)20-6-3-2-4-7-20/h2-16H,1H3. The molecule has 1 unspecified atom stereocenters. The van der Waals surface area contributed by atoms with E-state index in [-0.39, 0.29) is 16.5 Å². The maximum absolute atomic E-state index is 12.4. The summed E-state index contributed by atoms with van der Waals surface area (Å²) in [5.74, 6) is -0.212. The smallest absolute Gasteiger partial charge is 0.271 e. The molecule has 0 N–H and O–H groups in total. The van der Waals surface area contributed by atoms with Gasteiger partial charge >= 0.3 is 0 Å². The summed E-state index contributed by atoms with van der Waals surface area (Å²) in [7, 11) is 0. The molecule has 1 spiro atoms. The number of carbonyl (C=O) groups excluding carboxylic acids is 1. The number of anilines is 2. The molecular weight excluding hydrogens is 486 g/mol. The molecule has 8 nitrogen and oxygen atoms in total. The van der Waals surface area contributed by atoms with Crippen LogP contribution < -0.4 is 10.0 Å². The third kappa shape index (κ3) is 4.20. The van der Waals surface area contributed by atoms with Gasteiger partial charge in [-0.05, 0) is 54.2 Å². The second-order valence-electron chi connectivity index (χ2n) is 7.78. The molecule has 2 aliphatic heterocycles. The van der Waals surface area contributed by atoms with Gasteiger partial charge < -0.3 is 0 Å². The third-order valence-corrected chi connectivity index (χ3v) is 7.03. The Balaban J connectivity index is 1.68. The summed E-state index contributed by atoms with van der Waals surface area (Å²) < 4.78 is 0. The molecule has 0 aromatic heterocycles. The maximum atomic E-state index is 12.4. The lowest BCUT2D eigenvalue weighted by atomic mass is 10.1. The molecule has 0 bridgehead atoms. The first-order valence-corrected chi connectivity index (χ1v) is 11.8. The summed E-state index contributed by atoms with van der Waals surface area (Å²) in [6, 6.07) is 23.0.